The third kappa shape index (κ3) is 2.20. The first-order valence-electron chi connectivity index (χ1n) is 7.23. The largest absolute Gasteiger partial charge is 0.504 e. The summed E-state index contributed by atoms with van der Waals surface area (Å²) >= 11 is 0. The van der Waals surface area contributed by atoms with Gasteiger partial charge in [0.15, 0.2) is 17.6 Å². The molecule has 2 fully saturated rings. The first-order chi connectivity index (χ1) is 11.3. The van der Waals surface area contributed by atoms with Crippen molar-refractivity contribution in [1.82, 2.24) is 0 Å². The van der Waals surface area contributed by atoms with Gasteiger partial charge in [-0.15, -0.1) is 0 Å². The van der Waals surface area contributed by atoms with E-state index in [9.17, 15) is 30.0 Å². The van der Waals surface area contributed by atoms with Gasteiger partial charge in [-0.1, -0.05) is 6.07 Å². The second-order valence-corrected chi connectivity index (χ2v) is 5.84. The van der Waals surface area contributed by atoms with Crippen LogP contribution < -0.4 is 0 Å². The van der Waals surface area contributed by atoms with E-state index in [1.807, 2.05) is 0 Å². The molecule has 1 aromatic rings. The quantitative estimate of drug-likeness (QED) is 0.327. The monoisotopic (exact) mass is 340 g/mol. The number of carbonyl (C=O) groups excluding carboxylic acids is 2. The maximum atomic E-state index is 12.4. The van der Waals surface area contributed by atoms with Gasteiger partial charge >= 0.3 is 11.9 Å². The van der Waals surface area contributed by atoms with Gasteiger partial charge in [-0.3, -0.25) is 4.79 Å². The van der Waals surface area contributed by atoms with E-state index in [0.29, 0.717) is 0 Å². The van der Waals surface area contributed by atoms with Crippen molar-refractivity contribution in [3.8, 4) is 11.5 Å². The number of rotatable bonds is 3. The number of aromatic hydroxyl groups is 2. The molecule has 1 unspecified atom stereocenters. The summed E-state index contributed by atoms with van der Waals surface area (Å²) in [5.74, 6) is -3.65. The Morgan fingerprint density at radius 1 is 1.25 bits per heavy atom. The van der Waals surface area contributed by atoms with Crippen molar-refractivity contribution in [2.24, 2.45) is 0 Å². The molecule has 0 bridgehead atoms. The lowest BCUT2D eigenvalue weighted by molar-refractivity contribution is -0.169. The molecule has 24 heavy (non-hydrogen) atoms. The van der Waals surface area contributed by atoms with Gasteiger partial charge in [-0.2, -0.15) is 0 Å². The highest BCUT2D eigenvalue weighted by molar-refractivity contribution is 5.91. The number of carbonyl (C=O) groups is 2. The number of aliphatic hydroxyl groups excluding tert-OH is 3. The standard InChI is InChI=1S/C15H16O9/c16-5-10(19)12-13(21)15(14(22)23-12)7(4-11(20)24-15)6-1-2-8(17)9(18)3-6/h1-3,7,10,12-13,16-19,21H,4-5H2/t7-,10+,12-,13?,15+/m1/s1. The van der Waals surface area contributed by atoms with Gasteiger partial charge in [0, 0.05) is 5.92 Å². The fourth-order valence-corrected chi connectivity index (χ4v) is 3.23. The number of hydrogen-bond acceptors (Lipinski definition) is 9. The molecule has 2 saturated heterocycles. The lowest BCUT2D eigenvalue weighted by Gasteiger charge is -2.29. The van der Waals surface area contributed by atoms with Crippen molar-refractivity contribution in [3.05, 3.63) is 23.8 Å². The van der Waals surface area contributed by atoms with Gasteiger partial charge in [-0.25, -0.2) is 4.79 Å². The van der Waals surface area contributed by atoms with Crippen LogP contribution >= 0.6 is 0 Å². The Kier molecular flexibility index (Phi) is 3.86. The van der Waals surface area contributed by atoms with Crippen LogP contribution in [0.25, 0.3) is 0 Å². The summed E-state index contributed by atoms with van der Waals surface area (Å²) in [7, 11) is 0. The van der Waals surface area contributed by atoms with E-state index in [4.69, 9.17) is 14.6 Å². The highest BCUT2D eigenvalue weighted by Crippen LogP contribution is 2.49. The number of benzene rings is 1. The number of phenols is 2. The molecule has 0 radical (unpaired) electrons. The van der Waals surface area contributed by atoms with Crippen LogP contribution in [0.3, 0.4) is 0 Å². The summed E-state index contributed by atoms with van der Waals surface area (Å²) in [5, 5.41) is 48.2. The second-order valence-electron chi connectivity index (χ2n) is 5.84. The molecule has 5 atom stereocenters. The van der Waals surface area contributed by atoms with Gasteiger partial charge in [0.2, 0.25) is 5.60 Å². The molecule has 1 spiro atoms. The number of ether oxygens (including phenoxy) is 2. The Morgan fingerprint density at radius 3 is 2.58 bits per heavy atom. The minimum absolute atomic E-state index is 0.266. The molecule has 2 heterocycles. The van der Waals surface area contributed by atoms with Crippen LogP contribution in [0.15, 0.2) is 18.2 Å². The van der Waals surface area contributed by atoms with Gasteiger partial charge in [-0.05, 0) is 17.7 Å². The maximum absolute atomic E-state index is 12.4. The molecule has 9 heteroatoms. The maximum Gasteiger partial charge on any atom is 0.354 e. The topological polar surface area (TPSA) is 154 Å². The third-order valence-corrected chi connectivity index (χ3v) is 4.45. The smallest absolute Gasteiger partial charge is 0.354 e. The average molecular weight is 340 g/mol. The third-order valence-electron chi connectivity index (χ3n) is 4.45. The van der Waals surface area contributed by atoms with Crippen molar-refractivity contribution < 1.29 is 44.6 Å². The van der Waals surface area contributed by atoms with Crippen LogP contribution in [0.2, 0.25) is 0 Å². The van der Waals surface area contributed by atoms with E-state index in [-0.39, 0.29) is 17.7 Å². The molecule has 0 aliphatic carbocycles. The van der Waals surface area contributed by atoms with E-state index in [1.165, 1.54) is 12.1 Å². The van der Waals surface area contributed by atoms with Crippen molar-refractivity contribution in [2.45, 2.75) is 36.3 Å². The van der Waals surface area contributed by atoms with Crippen LogP contribution in [0.1, 0.15) is 17.9 Å². The van der Waals surface area contributed by atoms with Crippen LogP contribution in [0, 0.1) is 0 Å². The fourth-order valence-electron chi connectivity index (χ4n) is 3.23. The Labute approximate surface area is 135 Å². The zero-order valence-corrected chi connectivity index (χ0v) is 12.3. The first kappa shape index (κ1) is 16.5. The number of hydrogen-bond donors (Lipinski definition) is 5. The zero-order chi connectivity index (χ0) is 17.6. The number of esters is 2. The molecule has 130 valence electrons. The lowest BCUT2D eigenvalue weighted by Crippen LogP contribution is -2.52. The van der Waals surface area contributed by atoms with Crippen LogP contribution in [0.5, 0.6) is 11.5 Å². The van der Waals surface area contributed by atoms with E-state index in [1.54, 1.807) is 0 Å². The highest BCUT2D eigenvalue weighted by Gasteiger charge is 2.69. The summed E-state index contributed by atoms with van der Waals surface area (Å²) < 4.78 is 10.0. The molecule has 0 aromatic heterocycles. The summed E-state index contributed by atoms with van der Waals surface area (Å²) in [6.45, 7) is -0.760. The predicted octanol–water partition coefficient (Wildman–Crippen LogP) is -1.49. The normalized spacial score (nSPS) is 33.5. The minimum Gasteiger partial charge on any atom is -0.504 e. The minimum atomic E-state index is -2.08. The van der Waals surface area contributed by atoms with Gasteiger partial charge in [0.05, 0.1) is 13.0 Å². The highest BCUT2D eigenvalue weighted by atomic mass is 16.6. The molecular formula is C15H16O9. The predicted molar refractivity (Wildman–Crippen MR) is 74.9 cm³/mol. The van der Waals surface area contributed by atoms with E-state index >= 15 is 0 Å². The number of cyclic esters (lactones) is 1. The summed E-state index contributed by atoms with van der Waals surface area (Å²) in [5.41, 5.74) is -1.81. The molecule has 2 aliphatic rings. The molecule has 9 nitrogen and oxygen atoms in total. The Morgan fingerprint density at radius 2 is 1.96 bits per heavy atom. The molecule has 3 rings (SSSR count). The van der Waals surface area contributed by atoms with Crippen molar-refractivity contribution in [3.63, 3.8) is 0 Å². The molecule has 2 aliphatic heterocycles. The van der Waals surface area contributed by atoms with Gasteiger partial charge in [0.25, 0.3) is 0 Å². The average Bonchev–Trinajstić information content (AvgIpc) is 3.02. The number of phenolic OH excluding ortho intramolecular Hbond substituents is 2. The summed E-state index contributed by atoms with van der Waals surface area (Å²) in [6.07, 6.45) is -4.98. The van der Waals surface area contributed by atoms with E-state index in [0.717, 1.165) is 6.07 Å². The van der Waals surface area contributed by atoms with Crippen molar-refractivity contribution in [2.75, 3.05) is 6.61 Å². The second kappa shape index (κ2) is 5.62. The van der Waals surface area contributed by atoms with Gasteiger partial charge < -0.3 is 35.0 Å². The zero-order valence-electron chi connectivity index (χ0n) is 12.3. The van der Waals surface area contributed by atoms with Crippen LogP contribution in [0.4, 0.5) is 0 Å². The Bertz CT molecular complexity index is 688. The molecule has 0 saturated carbocycles. The van der Waals surface area contributed by atoms with Crippen molar-refractivity contribution in [1.29, 1.82) is 0 Å². The van der Waals surface area contributed by atoms with Crippen LogP contribution in [-0.4, -0.2) is 68.0 Å². The first-order valence-corrected chi connectivity index (χ1v) is 7.23. The molecule has 5 N–H and O–H groups in total. The Balaban J connectivity index is 2.05. The molecule has 0 amide bonds. The van der Waals surface area contributed by atoms with Gasteiger partial charge in [0.1, 0.15) is 12.2 Å². The number of aliphatic hydroxyl groups is 3. The van der Waals surface area contributed by atoms with Crippen molar-refractivity contribution >= 4 is 11.9 Å². The summed E-state index contributed by atoms with van der Waals surface area (Å²) in [4.78, 5) is 24.2. The fraction of sp³-hybridized carbons (Fsp3) is 0.467. The van der Waals surface area contributed by atoms with Crippen LogP contribution in [-0.2, 0) is 19.1 Å². The van der Waals surface area contributed by atoms with E-state index < -0.39 is 54.1 Å². The SMILES string of the molecule is O=C1C[C@H](c2ccc(O)c(O)c2)[C@@]2(O1)C(=O)O[C@H]([C@@H](O)CO)C2O. The molecule has 1 aromatic carbocycles. The van der Waals surface area contributed by atoms with E-state index in [2.05, 4.69) is 0 Å². The lowest BCUT2D eigenvalue weighted by atomic mass is 9.77. The Hall–Kier alpha value is -2.36. The molecular weight excluding hydrogens is 324 g/mol. The summed E-state index contributed by atoms with van der Waals surface area (Å²) in [6, 6.07) is 3.70.